The quantitative estimate of drug-likeness (QED) is 0.730. The molecule has 2 saturated heterocycles. The standard InChI is InChI=1S/C20H26ClN5O2/c1-13-12-27-9-7-25(13)19-15-6-5-14(11-21)22-18(15)23-20(24-19)26-8-10-28-17-4-2-3-16(17)26/h5-6,13,16-17H,2-4,7-12H2,1H3/t13-,16-,17+/m0/s1. The fourth-order valence-corrected chi connectivity index (χ4v) is 4.81. The van der Waals surface area contributed by atoms with Gasteiger partial charge in [0.25, 0.3) is 0 Å². The van der Waals surface area contributed by atoms with Gasteiger partial charge in [0.1, 0.15) is 5.82 Å². The third-order valence-corrected chi connectivity index (χ3v) is 6.37. The first kappa shape index (κ1) is 18.3. The number of nitrogens with zero attached hydrogens (tertiary/aromatic N) is 5. The second-order valence-corrected chi connectivity index (χ2v) is 8.14. The topological polar surface area (TPSA) is 63.6 Å². The van der Waals surface area contributed by atoms with Crippen LogP contribution in [0.25, 0.3) is 11.0 Å². The Morgan fingerprint density at radius 3 is 2.86 bits per heavy atom. The summed E-state index contributed by atoms with van der Waals surface area (Å²) in [6.45, 7) is 5.95. The summed E-state index contributed by atoms with van der Waals surface area (Å²) in [5.74, 6) is 2.09. The minimum atomic E-state index is 0.260. The molecule has 0 bridgehead atoms. The van der Waals surface area contributed by atoms with Gasteiger partial charge in [0, 0.05) is 13.1 Å². The maximum atomic E-state index is 6.04. The number of pyridine rings is 1. The predicted molar refractivity (Wildman–Crippen MR) is 109 cm³/mol. The summed E-state index contributed by atoms with van der Waals surface area (Å²) in [6.07, 6.45) is 3.74. The van der Waals surface area contributed by atoms with Crippen LogP contribution < -0.4 is 9.80 Å². The molecule has 1 saturated carbocycles. The molecule has 3 atom stereocenters. The van der Waals surface area contributed by atoms with Crippen LogP contribution in [0.3, 0.4) is 0 Å². The molecular weight excluding hydrogens is 378 g/mol. The van der Waals surface area contributed by atoms with E-state index < -0.39 is 0 Å². The third kappa shape index (κ3) is 3.19. The number of hydrogen-bond donors (Lipinski definition) is 0. The molecular formula is C20H26ClN5O2. The number of halogens is 1. The molecule has 0 radical (unpaired) electrons. The van der Waals surface area contributed by atoms with Crippen molar-refractivity contribution in [3.05, 3.63) is 17.8 Å². The SMILES string of the molecule is C[C@H]1COCCN1c1nc(N2CCO[C@@H]3CCC[C@@H]32)nc2nc(CCl)ccc12. The van der Waals surface area contributed by atoms with Crippen molar-refractivity contribution in [2.75, 3.05) is 42.7 Å². The molecule has 2 aromatic heterocycles. The number of anilines is 2. The molecule has 4 heterocycles. The minimum absolute atomic E-state index is 0.260. The van der Waals surface area contributed by atoms with Crippen LogP contribution in [0.1, 0.15) is 31.9 Å². The summed E-state index contributed by atoms with van der Waals surface area (Å²) < 4.78 is 11.6. The zero-order valence-corrected chi connectivity index (χ0v) is 16.9. The zero-order valence-electron chi connectivity index (χ0n) is 16.2. The number of fused-ring (bicyclic) bond motifs is 2. The Kier molecular flexibility index (Phi) is 4.99. The van der Waals surface area contributed by atoms with Gasteiger partial charge in [-0.2, -0.15) is 9.97 Å². The maximum absolute atomic E-state index is 6.04. The number of aromatic nitrogens is 3. The molecule has 28 heavy (non-hydrogen) atoms. The van der Waals surface area contributed by atoms with Crippen LogP contribution in [0.5, 0.6) is 0 Å². The van der Waals surface area contributed by atoms with Crippen molar-refractivity contribution in [2.45, 2.75) is 50.3 Å². The summed E-state index contributed by atoms with van der Waals surface area (Å²) in [7, 11) is 0. The van der Waals surface area contributed by atoms with Crippen molar-refractivity contribution in [3.63, 3.8) is 0 Å². The smallest absolute Gasteiger partial charge is 0.229 e. The second kappa shape index (κ2) is 7.61. The van der Waals surface area contributed by atoms with Gasteiger partial charge in [-0.1, -0.05) is 0 Å². The minimum Gasteiger partial charge on any atom is -0.377 e. The van der Waals surface area contributed by atoms with E-state index in [2.05, 4.69) is 22.8 Å². The Morgan fingerprint density at radius 2 is 2.00 bits per heavy atom. The Hall–Kier alpha value is -1.70. The van der Waals surface area contributed by atoms with Crippen LogP contribution in [0.15, 0.2) is 12.1 Å². The van der Waals surface area contributed by atoms with E-state index in [1.807, 2.05) is 6.07 Å². The van der Waals surface area contributed by atoms with E-state index in [0.717, 1.165) is 61.0 Å². The van der Waals surface area contributed by atoms with E-state index in [1.54, 1.807) is 0 Å². The molecule has 0 unspecified atom stereocenters. The van der Waals surface area contributed by atoms with Crippen molar-refractivity contribution in [1.29, 1.82) is 0 Å². The molecule has 0 aromatic carbocycles. The molecule has 150 valence electrons. The molecule has 0 spiro atoms. The third-order valence-electron chi connectivity index (χ3n) is 6.10. The average molecular weight is 404 g/mol. The van der Waals surface area contributed by atoms with Crippen molar-refractivity contribution in [1.82, 2.24) is 15.0 Å². The summed E-state index contributed by atoms with van der Waals surface area (Å²) in [5, 5.41) is 0.975. The van der Waals surface area contributed by atoms with Gasteiger partial charge in [0.2, 0.25) is 5.95 Å². The van der Waals surface area contributed by atoms with Crippen LogP contribution in [0, 0.1) is 0 Å². The van der Waals surface area contributed by atoms with Gasteiger partial charge in [-0.15, -0.1) is 11.6 Å². The first-order valence-corrected chi connectivity index (χ1v) is 10.7. The van der Waals surface area contributed by atoms with Crippen LogP contribution in [-0.2, 0) is 15.4 Å². The zero-order chi connectivity index (χ0) is 19.1. The highest BCUT2D eigenvalue weighted by atomic mass is 35.5. The summed E-state index contributed by atoms with van der Waals surface area (Å²) in [4.78, 5) is 19.3. The predicted octanol–water partition coefficient (Wildman–Crippen LogP) is 2.75. The Balaban J connectivity index is 1.62. The molecule has 7 nitrogen and oxygen atoms in total. The summed E-state index contributed by atoms with van der Waals surface area (Å²) in [5.41, 5.74) is 1.55. The number of rotatable bonds is 3. The number of alkyl halides is 1. The van der Waals surface area contributed by atoms with E-state index in [-0.39, 0.29) is 6.04 Å². The monoisotopic (exact) mass is 403 g/mol. The van der Waals surface area contributed by atoms with Crippen LogP contribution in [-0.4, -0.2) is 66.0 Å². The van der Waals surface area contributed by atoms with Gasteiger partial charge in [-0.05, 0) is 38.3 Å². The summed E-state index contributed by atoms with van der Waals surface area (Å²) in [6, 6.07) is 4.64. The normalized spacial score (nSPS) is 28.0. The lowest BCUT2D eigenvalue weighted by Crippen LogP contribution is -2.49. The molecule has 0 N–H and O–H groups in total. The Labute approximate surface area is 170 Å². The van der Waals surface area contributed by atoms with Gasteiger partial charge >= 0.3 is 0 Å². The Morgan fingerprint density at radius 1 is 1.11 bits per heavy atom. The van der Waals surface area contributed by atoms with Gasteiger partial charge < -0.3 is 19.3 Å². The van der Waals surface area contributed by atoms with Crippen molar-refractivity contribution < 1.29 is 9.47 Å². The fraction of sp³-hybridized carbons (Fsp3) is 0.650. The highest BCUT2D eigenvalue weighted by molar-refractivity contribution is 6.17. The van der Waals surface area contributed by atoms with Gasteiger partial charge in [0.05, 0.1) is 55.0 Å². The number of hydrogen-bond acceptors (Lipinski definition) is 7. The van der Waals surface area contributed by atoms with Gasteiger partial charge in [0.15, 0.2) is 5.65 Å². The first-order valence-electron chi connectivity index (χ1n) is 10.2. The molecule has 2 aliphatic heterocycles. The van der Waals surface area contributed by atoms with Crippen molar-refractivity contribution in [2.24, 2.45) is 0 Å². The molecule has 0 amide bonds. The molecule has 5 rings (SSSR count). The van der Waals surface area contributed by atoms with E-state index in [9.17, 15) is 0 Å². The van der Waals surface area contributed by atoms with Gasteiger partial charge in [-0.25, -0.2) is 4.98 Å². The lowest BCUT2D eigenvalue weighted by molar-refractivity contribution is 0.0250. The maximum Gasteiger partial charge on any atom is 0.229 e. The highest BCUT2D eigenvalue weighted by Crippen LogP contribution is 2.34. The van der Waals surface area contributed by atoms with E-state index in [4.69, 9.17) is 36.0 Å². The average Bonchev–Trinajstić information content (AvgIpc) is 3.22. The van der Waals surface area contributed by atoms with Crippen molar-refractivity contribution >= 4 is 34.4 Å². The Bertz CT molecular complexity index is 866. The van der Waals surface area contributed by atoms with Crippen LogP contribution in [0.2, 0.25) is 0 Å². The number of ether oxygens (including phenoxy) is 2. The molecule has 3 fully saturated rings. The molecule has 3 aliphatic rings. The lowest BCUT2D eigenvalue weighted by atomic mass is 10.1. The molecule has 1 aliphatic carbocycles. The van der Waals surface area contributed by atoms with Gasteiger partial charge in [-0.3, -0.25) is 0 Å². The van der Waals surface area contributed by atoms with E-state index in [1.165, 1.54) is 6.42 Å². The first-order chi connectivity index (χ1) is 13.7. The van der Waals surface area contributed by atoms with E-state index >= 15 is 0 Å². The lowest BCUT2D eigenvalue weighted by Gasteiger charge is -2.39. The summed E-state index contributed by atoms with van der Waals surface area (Å²) >= 11 is 6.04. The molecule has 8 heteroatoms. The van der Waals surface area contributed by atoms with Crippen molar-refractivity contribution in [3.8, 4) is 0 Å². The largest absolute Gasteiger partial charge is 0.377 e. The fourth-order valence-electron chi connectivity index (χ4n) is 4.66. The van der Waals surface area contributed by atoms with E-state index in [0.29, 0.717) is 31.2 Å². The molecule has 2 aromatic rings. The second-order valence-electron chi connectivity index (χ2n) is 7.87. The van der Waals surface area contributed by atoms with Crippen LogP contribution in [0.4, 0.5) is 11.8 Å². The number of morpholine rings is 2. The van der Waals surface area contributed by atoms with Crippen LogP contribution >= 0.6 is 11.6 Å². The highest BCUT2D eigenvalue weighted by Gasteiger charge is 2.38.